The van der Waals surface area contributed by atoms with Gasteiger partial charge in [0.25, 0.3) is 5.71 Å². The van der Waals surface area contributed by atoms with Gasteiger partial charge in [0.2, 0.25) is 5.78 Å². The fraction of sp³-hybridized carbons (Fsp3) is 0.200. The summed E-state index contributed by atoms with van der Waals surface area (Å²) in [6.45, 7) is 5.26. The van der Waals surface area contributed by atoms with Gasteiger partial charge in [0.15, 0.2) is 6.10 Å². The Bertz CT molecular complexity index is 1290. The molecule has 0 amide bonds. The molecule has 4 rings (SSSR count). The van der Waals surface area contributed by atoms with Crippen LogP contribution in [0.1, 0.15) is 38.9 Å². The summed E-state index contributed by atoms with van der Waals surface area (Å²) in [6, 6.07) is 16.0. The normalized spacial score (nSPS) is 11.9. The van der Waals surface area contributed by atoms with E-state index in [9.17, 15) is 9.59 Å². The Balaban J connectivity index is 1.65. The average molecular weight is 430 g/mol. The van der Waals surface area contributed by atoms with E-state index in [1.165, 1.54) is 0 Å². The number of hydrogen-bond donors (Lipinski definition) is 0. The molecule has 0 fully saturated rings. The topological polar surface area (TPSA) is 91.5 Å². The summed E-state index contributed by atoms with van der Waals surface area (Å²) in [5.74, 6) is -0.324. The third-order valence-electron chi connectivity index (χ3n) is 5.21. The van der Waals surface area contributed by atoms with Gasteiger partial charge in [-0.25, -0.2) is 9.78 Å². The van der Waals surface area contributed by atoms with E-state index >= 15 is 0 Å². The number of pyridine rings is 1. The average Bonchev–Trinajstić information content (AvgIpc) is 3.19. The van der Waals surface area contributed by atoms with E-state index in [4.69, 9.17) is 14.0 Å². The molecule has 0 saturated carbocycles. The molecule has 1 atom stereocenters. The lowest BCUT2D eigenvalue weighted by molar-refractivity contribution is 0.0320. The van der Waals surface area contributed by atoms with Gasteiger partial charge in [0.05, 0.1) is 29.4 Å². The van der Waals surface area contributed by atoms with Gasteiger partial charge in [-0.2, -0.15) is 0 Å². The monoisotopic (exact) mass is 430 g/mol. The van der Waals surface area contributed by atoms with Crippen molar-refractivity contribution in [1.29, 1.82) is 0 Å². The van der Waals surface area contributed by atoms with Crippen molar-refractivity contribution >= 4 is 22.9 Å². The van der Waals surface area contributed by atoms with Gasteiger partial charge in [0, 0.05) is 11.1 Å². The number of benzene rings is 2. The number of ether oxygens (including phenoxy) is 2. The second-order valence-corrected chi connectivity index (χ2v) is 7.51. The van der Waals surface area contributed by atoms with Crippen LogP contribution < -0.4 is 4.74 Å². The van der Waals surface area contributed by atoms with Gasteiger partial charge in [-0.05, 0) is 51.1 Å². The number of rotatable bonds is 6. The van der Waals surface area contributed by atoms with E-state index in [1.54, 1.807) is 51.3 Å². The maximum atomic E-state index is 13.1. The largest absolute Gasteiger partial charge is 0.497 e. The zero-order valence-electron chi connectivity index (χ0n) is 18.2. The Morgan fingerprint density at radius 1 is 1.00 bits per heavy atom. The van der Waals surface area contributed by atoms with Crippen LogP contribution in [-0.2, 0) is 4.74 Å². The number of ketones is 1. The predicted octanol–water partition coefficient (Wildman–Crippen LogP) is 4.94. The van der Waals surface area contributed by atoms with Gasteiger partial charge < -0.3 is 14.0 Å². The van der Waals surface area contributed by atoms with Crippen LogP contribution in [0.25, 0.3) is 22.4 Å². The highest BCUT2D eigenvalue weighted by Crippen LogP contribution is 2.28. The van der Waals surface area contributed by atoms with Crippen molar-refractivity contribution in [2.75, 3.05) is 7.11 Å². The molecule has 1 unspecified atom stereocenters. The first kappa shape index (κ1) is 21.2. The Labute approximate surface area is 185 Å². The summed E-state index contributed by atoms with van der Waals surface area (Å²) in [6.07, 6.45) is -0.984. The van der Waals surface area contributed by atoms with Crippen LogP contribution in [0.2, 0.25) is 0 Å². The molecule has 0 N–H and O–H groups in total. The fourth-order valence-electron chi connectivity index (χ4n) is 3.40. The van der Waals surface area contributed by atoms with Crippen molar-refractivity contribution in [3.05, 3.63) is 77.0 Å². The number of fused-ring (bicyclic) bond motifs is 1. The van der Waals surface area contributed by atoms with Crippen molar-refractivity contribution in [3.63, 3.8) is 0 Å². The second-order valence-electron chi connectivity index (χ2n) is 7.51. The van der Waals surface area contributed by atoms with Gasteiger partial charge in [-0.15, -0.1) is 0 Å². The maximum Gasteiger partial charge on any atom is 0.339 e. The van der Waals surface area contributed by atoms with Crippen LogP contribution in [0.15, 0.2) is 59.1 Å². The number of hydrogen-bond acceptors (Lipinski definition) is 7. The third kappa shape index (κ3) is 4.09. The lowest BCUT2D eigenvalue weighted by Gasteiger charge is -2.14. The molecule has 162 valence electrons. The Kier molecular flexibility index (Phi) is 5.73. The highest BCUT2D eigenvalue weighted by atomic mass is 16.5. The highest BCUT2D eigenvalue weighted by Gasteiger charge is 2.25. The molecule has 0 radical (unpaired) electrons. The van der Waals surface area contributed by atoms with E-state index in [2.05, 4.69) is 10.1 Å². The minimum atomic E-state index is -0.984. The van der Waals surface area contributed by atoms with E-state index in [-0.39, 0.29) is 17.1 Å². The Hall–Kier alpha value is -4.00. The number of nitrogens with zero attached hydrogens (tertiary/aromatic N) is 2. The molecule has 32 heavy (non-hydrogen) atoms. The summed E-state index contributed by atoms with van der Waals surface area (Å²) in [7, 11) is 1.55. The number of aryl methyl sites for hydroxylation is 2. The first-order chi connectivity index (χ1) is 15.4. The molecule has 0 spiro atoms. The zero-order chi connectivity index (χ0) is 22.8. The summed E-state index contributed by atoms with van der Waals surface area (Å²) in [4.78, 5) is 30.4. The van der Waals surface area contributed by atoms with Crippen molar-refractivity contribution in [3.8, 4) is 17.0 Å². The van der Waals surface area contributed by atoms with Crippen LogP contribution in [0.3, 0.4) is 0 Å². The lowest BCUT2D eigenvalue weighted by atomic mass is 10.0. The molecule has 4 aromatic rings. The molecule has 0 aliphatic rings. The molecule has 2 aromatic heterocycles. The minimum absolute atomic E-state index is 0.238. The number of carbonyl (C=O) groups is 2. The van der Waals surface area contributed by atoms with Crippen molar-refractivity contribution in [2.24, 2.45) is 0 Å². The molecule has 2 aromatic carbocycles. The summed E-state index contributed by atoms with van der Waals surface area (Å²) < 4.78 is 16.0. The van der Waals surface area contributed by atoms with E-state index < -0.39 is 12.1 Å². The van der Waals surface area contributed by atoms with Gasteiger partial charge in [-0.1, -0.05) is 35.0 Å². The quantitative estimate of drug-likeness (QED) is 0.316. The highest BCUT2D eigenvalue weighted by molar-refractivity contribution is 6.06. The smallest absolute Gasteiger partial charge is 0.339 e. The predicted molar refractivity (Wildman–Crippen MR) is 119 cm³/mol. The number of carbonyl (C=O) groups excluding carboxylic acids is 2. The number of aromatic nitrogens is 2. The number of methoxy groups -OCH3 is 1. The molecule has 7 nitrogen and oxygen atoms in total. The molecule has 0 saturated heterocycles. The minimum Gasteiger partial charge on any atom is -0.497 e. The van der Waals surface area contributed by atoms with E-state index in [1.807, 2.05) is 31.2 Å². The fourth-order valence-corrected chi connectivity index (χ4v) is 3.40. The standard InChI is InChI=1S/C25H22N2O5/c1-14-5-7-17(8-6-14)21-13-20(22-15(2)27-32-24(22)26-21)25(29)31-16(3)23(28)18-9-11-19(30-4)12-10-18/h5-13,16H,1-4H3. The van der Waals surface area contributed by atoms with Crippen LogP contribution in [0.4, 0.5) is 0 Å². The molecular formula is C25H22N2O5. The Morgan fingerprint density at radius 3 is 2.34 bits per heavy atom. The first-order valence-electron chi connectivity index (χ1n) is 10.1. The summed E-state index contributed by atoms with van der Waals surface area (Å²) >= 11 is 0. The number of esters is 1. The van der Waals surface area contributed by atoms with Crippen molar-refractivity contribution in [2.45, 2.75) is 26.9 Å². The van der Waals surface area contributed by atoms with Crippen LogP contribution in [0, 0.1) is 13.8 Å². The van der Waals surface area contributed by atoms with Crippen LogP contribution in [0.5, 0.6) is 5.75 Å². The Morgan fingerprint density at radius 2 is 1.69 bits per heavy atom. The second kappa shape index (κ2) is 8.63. The zero-order valence-corrected chi connectivity index (χ0v) is 18.2. The van der Waals surface area contributed by atoms with Gasteiger partial charge in [-0.3, -0.25) is 4.79 Å². The molecule has 7 heteroatoms. The van der Waals surface area contributed by atoms with Gasteiger partial charge in [0.1, 0.15) is 5.75 Å². The number of Topliss-reactive ketones (excluding diaryl/α,β-unsaturated/α-hetero) is 1. The van der Waals surface area contributed by atoms with Crippen molar-refractivity contribution in [1.82, 2.24) is 10.1 Å². The third-order valence-corrected chi connectivity index (χ3v) is 5.21. The SMILES string of the molecule is COc1ccc(C(=O)C(C)OC(=O)c2cc(-c3ccc(C)cc3)nc3onc(C)c23)cc1. The molecule has 0 bridgehead atoms. The lowest BCUT2D eigenvalue weighted by Crippen LogP contribution is -2.24. The summed E-state index contributed by atoms with van der Waals surface area (Å²) in [5, 5.41) is 4.41. The maximum absolute atomic E-state index is 13.1. The first-order valence-corrected chi connectivity index (χ1v) is 10.1. The summed E-state index contributed by atoms with van der Waals surface area (Å²) in [5.41, 5.74) is 3.91. The van der Waals surface area contributed by atoms with Crippen molar-refractivity contribution < 1.29 is 23.6 Å². The molecular weight excluding hydrogens is 408 g/mol. The van der Waals surface area contributed by atoms with Gasteiger partial charge >= 0.3 is 5.97 Å². The van der Waals surface area contributed by atoms with E-state index in [0.29, 0.717) is 28.1 Å². The molecule has 0 aliphatic heterocycles. The molecule has 0 aliphatic carbocycles. The van der Waals surface area contributed by atoms with Crippen LogP contribution in [-0.4, -0.2) is 35.1 Å². The van der Waals surface area contributed by atoms with E-state index in [0.717, 1.165) is 11.1 Å². The van der Waals surface area contributed by atoms with Crippen LogP contribution >= 0.6 is 0 Å². The molecule has 2 heterocycles.